The van der Waals surface area contributed by atoms with Gasteiger partial charge in [-0.2, -0.15) is 0 Å². The molecular formula is C13H15NS2. The molecule has 0 bridgehead atoms. The minimum Gasteiger partial charge on any atom is -0.255 e. The lowest BCUT2D eigenvalue weighted by atomic mass is 10.3. The smallest absolute Gasteiger partial charge is 0.0802 e. The second-order valence-corrected chi connectivity index (χ2v) is 6.01. The van der Waals surface area contributed by atoms with E-state index in [0.717, 1.165) is 5.69 Å². The zero-order chi connectivity index (χ0) is 11.2. The topological polar surface area (TPSA) is 12.9 Å². The summed E-state index contributed by atoms with van der Waals surface area (Å²) in [4.78, 5) is 5.62. The molecule has 2 aromatic rings. The maximum Gasteiger partial charge on any atom is 0.0802 e. The summed E-state index contributed by atoms with van der Waals surface area (Å²) in [6.07, 6.45) is 4.41. The van der Waals surface area contributed by atoms with E-state index in [1.54, 1.807) is 0 Å². The summed E-state index contributed by atoms with van der Waals surface area (Å²) >= 11 is 3.79. The lowest BCUT2D eigenvalue weighted by Gasteiger charge is -1.96. The van der Waals surface area contributed by atoms with Gasteiger partial charge in [0.25, 0.3) is 0 Å². The molecule has 2 rings (SSSR count). The van der Waals surface area contributed by atoms with Gasteiger partial charge in [0.15, 0.2) is 0 Å². The molecule has 0 aliphatic carbocycles. The molecule has 0 amide bonds. The Morgan fingerprint density at radius 2 is 2.19 bits per heavy atom. The highest BCUT2D eigenvalue weighted by molar-refractivity contribution is 8.01. The molecule has 0 aromatic carbocycles. The fraction of sp³-hybridized carbons (Fsp3) is 0.308. The Bertz CT molecular complexity index is 423. The van der Waals surface area contributed by atoms with Crippen LogP contribution in [0.2, 0.25) is 0 Å². The quantitative estimate of drug-likeness (QED) is 0.562. The van der Waals surface area contributed by atoms with Gasteiger partial charge >= 0.3 is 0 Å². The summed E-state index contributed by atoms with van der Waals surface area (Å²) in [7, 11) is 0. The van der Waals surface area contributed by atoms with E-state index < -0.39 is 0 Å². The molecule has 2 aromatic heterocycles. The zero-order valence-electron chi connectivity index (χ0n) is 9.35. The average Bonchev–Trinajstić information content (AvgIpc) is 2.79. The predicted molar refractivity (Wildman–Crippen MR) is 73.2 cm³/mol. The third-order valence-corrected chi connectivity index (χ3v) is 4.66. The predicted octanol–water partition coefficient (Wildman–Crippen LogP) is 4.70. The minimum absolute atomic E-state index is 1.08. The van der Waals surface area contributed by atoms with Crippen LogP contribution in [0.15, 0.2) is 40.7 Å². The summed E-state index contributed by atoms with van der Waals surface area (Å²) < 4.78 is 1.40. The standard InChI is InChI=1S/C13H15NS2/c1-2-3-10-15-13-8-7-12(16-13)11-6-4-5-9-14-11/h4-9H,2-3,10H2,1H3. The second-order valence-electron chi connectivity index (χ2n) is 3.54. The molecule has 0 aliphatic rings. The molecule has 3 heteroatoms. The van der Waals surface area contributed by atoms with Crippen LogP contribution >= 0.6 is 23.1 Å². The summed E-state index contributed by atoms with van der Waals surface area (Å²) in [6.45, 7) is 2.23. The van der Waals surface area contributed by atoms with Crippen molar-refractivity contribution in [1.29, 1.82) is 0 Å². The highest BCUT2D eigenvalue weighted by Gasteiger charge is 2.03. The molecular weight excluding hydrogens is 234 g/mol. The number of thioether (sulfide) groups is 1. The van der Waals surface area contributed by atoms with Crippen molar-refractivity contribution in [2.45, 2.75) is 24.0 Å². The Morgan fingerprint density at radius 3 is 2.94 bits per heavy atom. The van der Waals surface area contributed by atoms with E-state index in [-0.39, 0.29) is 0 Å². The van der Waals surface area contributed by atoms with Crippen molar-refractivity contribution in [1.82, 2.24) is 4.98 Å². The van der Waals surface area contributed by atoms with Gasteiger partial charge in [0.05, 0.1) is 14.8 Å². The molecule has 0 spiro atoms. The van der Waals surface area contributed by atoms with E-state index in [9.17, 15) is 0 Å². The highest BCUT2D eigenvalue weighted by Crippen LogP contribution is 2.33. The van der Waals surface area contributed by atoms with Crippen LogP contribution in [0.3, 0.4) is 0 Å². The number of unbranched alkanes of at least 4 members (excludes halogenated alkanes) is 1. The van der Waals surface area contributed by atoms with Crippen molar-refractivity contribution >= 4 is 23.1 Å². The molecule has 0 saturated heterocycles. The first kappa shape index (κ1) is 11.7. The number of hydrogen-bond donors (Lipinski definition) is 0. The third-order valence-electron chi connectivity index (χ3n) is 2.24. The van der Waals surface area contributed by atoms with E-state index in [2.05, 4.69) is 30.1 Å². The summed E-state index contributed by atoms with van der Waals surface area (Å²) in [5.41, 5.74) is 1.08. The van der Waals surface area contributed by atoms with Crippen LogP contribution in [0.1, 0.15) is 19.8 Å². The van der Waals surface area contributed by atoms with Crippen LogP contribution < -0.4 is 0 Å². The monoisotopic (exact) mass is 249 g/mol. The molecule has 0 N–H and O–H groups in total. The van der Waals surface area contributed by atoms with Crippen LogP contribution in [0.5, 0.6) is 0 Å². The maximum absolute atomic E-state index is 4.36. The number of pyridine rings is 1. The van der Waals surface area contributed by atoms with Gasteiger partial charge in [-0.15, -0.1) is 23.1 Å². The van der Waals surface area contributed by atoms with E-state index in [1.807, 2.05) is 41.4 Å². The van der Waals surface area contributed by atoms with Crippen molar-refractivity contribution in [3.05, 3.63) is 36.5 Å². The van der Waals surface area contributed by atoms with E-state index in [1.165, 1.54) is 27.7 Å². The molecule has 0 saturated carbocycles. The van der Waals surface area contributed by atoms with Gasteiger partial charge in [-0.1, -0.05) is 19.4 Å². The van der Waals surface area contributed by atoms with Crippen molar-refractivity contribution in [2.24, 2.45) is 0 Å². The van der Waals surface area contributed by atoms with Gasteiger partial charge < -0.3 is 0 Å². The second kappa shape index (κ2) is 6.06. The van der Waals surface area contributed by atoms with Crippen LogP contribution in [0, 0.1) is 0 Å². The Hall–Kier alpha value is -0.800. The number of thiophene rings is 1. The molecule has 16 heavy (non-hydrogen) atoms. The van der Waals surface area contributed by atoms with Gasteiger partial charge in [0, 0.05) is 6.20 Å². The largest absolute Gasteiger partial charge is 0.255 e. The number of aromatic nitrogens is 1. The molecule has 0 aliphatic heterocycles. The molecule has 2 heterocycles. The van der Waals surface area contributed by atoms with Crippen LogP contribution in [-0.2, 0) is 0 Å². The average molecular weight is 249 g/mol. The lowest BCUT2D eigenvalue weighted by molar-refractivity contribution is 0.896. The SMILES string of the molecule is CCCCSc1ccc(-c2ccccn2)s1. The van der Waals surface area contributed by atoms with E-state index in [4.69, 9.17) is 0 Å². The molecule has 1 nitrogen and oxygen atoms in total. The Morgan fingerprint density at radius 1 is 1.25 bits per heavy atom. The van der Waals surface area contributed by atoms with Crippen LogP contribution in [0.25, 0.3) is 10.6 Å². The van der Waals surface area contributed by atoms with Crippen molar-refractivity contribution in [2.75, 3.05) is 5.75 Å². The van der Waals surface area contributed by atoms with Crippen LogP contribution in [0.4, 0.5) is 0 Å². The molecule has 84 valence electrons. The van der Waals surface area contributed by atoms with Crippen molar-refractivity contribution < 1.29 is 0 Å². The van der Waals surface area contributed by atoms with E-state index >= 15 is 0 Å². The number of hydrogen-bond acceptors (Lipinski definition) is 3. The van der Waals surface area contributed by atoms with Gasteiger partial charge in [-0.3, -0.25) is 4.98 Å². The first-order valence-electron chi connectivity index (χ1n) is 5.54. The Kier molecular flexibility index (Phi) is 4.43. The number of rotatable bonds is 5. The normalized spacial score (nSPS) is 10.6. The first-order valence-corrected chi connectivity index (χ1v) is 7.34. The number of nitrogens with zero attached hydrogens (tertiary/aromatic N) is 1. The van der Waals surface area contributed by atoms with Gasteiger partial charge in [-0.25, -0.2) is 0 Å². The first-order chi connectivity index (χ1) is 7.90. The van der Waals surface area contributed by atoms with Crippen LogP contribution in [-0.4, -0.2) is 10.7 Å². The molecule has 0 unspecified atom stereocenters. The fourth-order valence-corrected chi connectivity index (χ4v) is 3.63. The van der Waals surface area contributed by atoms with Gasteiger partial charge in [-0.05, 0) is 36.4 Å². The maximum atomic E-state index is 4.36. The van der Waals surface area contributed by atoms with Crippen molar-refractivity contribution in [3.63, 3.8) is 0 Å². The zero-order valence-corrected chi connectivity index (χ0v) is 11.0. The summed E-state index contributed by atoms with van der Waals surface area (Å²) in [5.74, 6) is 1.22. The van der Waals surface area contributed by atoms with E-state index in [0.29, 0.717) is 0 Å². The third kappa shape index (κ3) is 3.09. The van der Waals surface area contributed by atoms with Gasteiger partial charge in [0.1, 0.15) is 0 Å². The summed E-state index contributed by atoms with van der Waals surface area (Å²) in [5, 5.41) is 0. The Labute approximate surface area is 105 Å². The van der Waals surface area contributed by atoms with Crippen molar-refractivity contribution in [3.8, 4) is 10.6 Å². The highest BCUT2D eigenvalue weighted by atomic mass is 32.2. The molecule has 0 fully saturated rings. The Balaban J connectivity index is 2.02. The fourth-order valence-electron chi connectivity index (χ4n) is 1.36. The molecule has 0 atom stereocenters. The lowest BCUT2D eigenvalue weighted by Crippen LogP contribution is -1.75. The van der Waals surface area contributed by atoms with Gasteiger partial charge in [0.2, 0.25) is 0 Å². The minimum atomic E-state index is 1.08. The molecule has 0 radical (unpaired) electrons. The summed E-state index contributed by atoms with van der Waals surface area (Å²) in [6, 6.07) is 10.4.